The van der Waals surface area contributed by atoms with Gasteiger partial charge in [-0.15, -0.1) is 11.6 Å². The third kappa shape index (κ3) is 3.52. The highest BCUT2D eigenvalue weighted by Crippen LogP contribution is 2.50. The summed E-state index contributed by atoms with van der Waals surface area (Å²) >= 11 is 5.78. The molecule has 3 rings (SSSR count). The average molecular weight is 359 g/mol. The fraction of sp³-hybridized carbons (Fsp3) is 0.381. The molecule has 0 atom stereocenters. The summed E-state index contributed by atoms with van der Waals surface area (Å²) in [6, 6.07) is 10.3. The van der Waals surface area contributed by atoms with E-state index in [1.807, 2.05) is 6.07 Å². The van der Waals surface area contributed by atoms with Crippen LogP contribution in [0.25, 0.3) is 11.1 Å². The molecule has 2 aromatic carbocycles. The predicted molar refractivity (Wildman–Crippen MR) is 101 cm³/mol. The number of carbonyl (C=O) groups is 1. The van der Waals surface area contributed by atoms with Crippen LogP contribution in [0.1, 0.15) is 43.4 Å². The Bertz CT molecular complexity index is 796. The van der Waals surface area contributed by atoms with Gasteiger partial charge in [-0.2, -0.15) is 0 Å². The van der Waals surface area contributed by atoms with Crippen molar-refractivity contribution in [3.63, 3.8) is 0 Å². The first-order valence-corrected chi connectivity index (χ1v) is 9.13. The Labute approximate surface area is 153 Å². The molecule has 0 fully saturated rings. The molecule has 1 aliphatic rings. The van der Waals surface area contributed by atoms with Crippen molar-refractivity contribution >= 4 is 18.1 Å². The van der Waals surface area contributed by atoms with E-state index >= 15 is 0 Å². The third-order valence-electron chi connectivity index (χ3n) is 4.61. The number of unbranched alkanes of at least 4 members (excludes halogenated alkanes) is 1. The monoisotopic (exact) mass is 358 g/mol. The standard InChI is InChI=1S/C21H23ClO3/c1-14-7-8-17-16(10-14)20-18(24-13-23)11-15(6-4-5-9-22)12-19(20)25-21(17,2)3/h7-8,10-13H,4-6,9H2,1-3H3. The third-order valence-corrected chi connectivity index (χ3v) is 4.88. The van der Waals surface area contributed by atoms with Crippen molar-refractivity contribution in [2.24, 2.45) is 0 Å². The predicted octanol–water partition coefficient (Wildman–Crippen LogP) is 5.39. The van der Waals surface area contributed by atoms with Crippen molar-refractivity contribution < 1.29 is 14.3 Å². The summed E-state index contributed by atoms with van der Waals surface area (Å²) in [5.74, 6) is 1.97. The molecule has 0 bridgehead atoms. The van der Waals surface area contributed by atoms with Gasteiger partial charge >= 0.3 is 0 Å². The Hall–Kier alpha value is -2.00. The molecule has 0 radical (unpaired) electrons. The van der Waals surface area contributed by atoms with E-state index in [0.29, 0.717) is 18.1 Å². The van der Waals surface area contributed by atoms with Gasteiger partial charge in [-0.05, 0) is 63.3 Å². The zero-order valence-electron chi connectivity index (χ0n) is 14.9. The Morgan fingerprint density at radius 3 is 2.72 bits per heavy atom. The minimum Gasteiger partial charge on any atom is -0.482 e. The molecule has 3 nitrogen and oxygen atoms in total. The fourth-order valence-electron chi connectivity index (χ4n) is 3.42. The first-order chi connectivity index (χ1) is 12.0. The number of hydrogen-bond acceptors (Lipinski definition) is 3. The van der Waals surface area contributed by atoms with E-state index in [9.17, 15) is 4.79 Å². The number of benzene rings is 2. The van der Waals surface area contributed by atoms with E-state index in [-0.39, 0.29) is 0 Å². The molecule has 0 aliphatic carbocycles. The van der Waals surface area contributed by atoms with Crippen LogP contribution in [-0.2, 0) is 16.8 Å². The molecule has 1 aliphatic heterocycles. The van der Waals surface area contributed by atoms with Gasteiger partial charge in [0.2, 0.25) is 0 Å². The largest absolute Gasteiger partial charge is 0.482 e. The second-order valence-electron chi connectivity index (χ2n) is 6.99. The summed E-state index contributed by atoms with van der Waals surface area (Å²) in [5.41, 5.74) is 4.82. The van der Waals surface area contributed by atoms with Crippen molar-refractivity contribution in [3.8, 4) is 22.6 Å². The highest BCUT2D eigenvalue weighted by molar-refractivity contribution is 6.17. The topological polar surface area (TPSA) is 35.5 Å². The summed E-state index contributed by atoms with van der Waals surface area (Å²) in [7, 11) is 0. The van der Waals surface area contributed by atoms with Crippen LogP contribution in [0.15, 0.2) is 30.3 Å². The Kier molecular flexibility index (Phi) is 5.05. The molecular formula is C21H23ClO3. The number of carbonyl (C=O) groups excluding carboxylic acids is 1. The van der Waals surface area contributed by atoms with Crippen LogP contribution in [-0.4, -0.2) is 12.4 Å². The first kappa shape index (κ1) is 17.8. The van der Waals surface area contributed by atoms with Gasteiger partial charge < -0.3 is 9.47 Å². The van der Waals surface area contributed by atoms with Crippen LogP contribution in [0, 0.1) is 6.92 Å². The van der Waals surface area contributed by atoms with Crippen LogP contribution < -0.4 is 9.47 Å². The summed E-state index contributed by atoms with van der Waals surface area (Å²) in [5, 5.41) is 0. The van der Waals surface area contributed by atoms with E-state index in [2.05, 4.69) is 45.0 Å². The molecule has 0 spiro atoms. The molecule has 1 heterocycles. The van der Waals surface area contributed by atoms with Crippen molar-refractivity contribution in [2.45, 2.75) is 45.6 Å². The molecule has 2 aromatic rings. The highest BCUT2D eigenvalue weighted by atomic mass is 35.5. The Balaban J connectivity index is 2.15. The molecular weight excluding hydrogens is 336 g/mol. The van der Waals surface area contributed by atoms with Crippen molar-refractivity contribution in [2.75, 3.05) is 5.88 Å². The minimum atomic E-state index is -0.441. The van der Waals surface area contributed by atoms with Crippen LogP contribution in [0.2, 0.25) is 0 Å². The summed E-state index contributed by atoms with van der Waals surface area (Å²) in [4.78, 5) is 11.1. The number of rotatable bonds is 6. The van der Waals surface area contributed by atoms with Gasteiger partial charge in [-0.3, -0.25) is 4.79 Å². The van der Waals surface area contributed by atoms with Gasteiger partial charge in [0.15, 0.2) is 0 Å². The molecule has 0 unspecified atom stereocenters. The number of ether oxygens (including phenoxy) is 2. The van der Waals surface area contributed by atoms with Crippen molar-refractivity contribution in [3.05, 3.63) is 47.0 Å². The van der Waals surface area contributed by atoms with Crippen LogP contribution >= 0.6 is 11.6 Å². The van der Waals surface area contributed by atoms with Crippen molar-refractivity contribution in [1.29, 1.82) is 0 Å². The molecule has 0 saturated heterocycles. The van der Waals surface area contributed by atoms with Gasteiger partial charge in [-0.25, -0.2) is 0 Å². The quantitative estimate of drug-likeness (QED) is 0.394. The van der Waals surface area contributed by atoms with Gasteiger partial charge in [0.25, 0.3) is 6.47 Å². The average Bonchev–Trinajstić information content (AvgIpc) is 2.54. The van der Waals surface area contributed by atoms with Crippen LogP contribution in [0.3, 0.4) is 0 Å². The Morgan fingerprint density at radius 2 is 2.00 bits per heavy atom. The minimum absolute atomic E-state index is 0.441. The normalized spacial score (nSPS) is 14.2. The zero-order chi connectivity index (χ0) is 18.0. The number of halogens is 1. The number of alkyl halides is 1. The van der Waals surface area contributed by atoms with Gasteiger partial charge in [0.1, 0.15) is 17.1 Å². The molecule has 0 saturated carbocycles. The second-order valence-corrected chi connectivity index (χ2v) is 7.37. The zero-order valence-corrected chi connectivity index (χ0v) is 15.7. The summed E-state index contributed by atoms with van der Waals surface area (Å²) in [6.45, 7) is 6.66. The SMILES string of the molecule is Cc1ccc2c(c1)-c1c(OC=O)cc(CCCCCl)cc1OC2(C)C. The van der Waals surface area contributed by atoms with Crippen LogP contribution in [0.4, 0.5) is 0 Å². The second kappa shape index (κ2) is 7.09. The van der Waals surface area contributed by atoms with Gasteiger partial charge in [0, 0.05) is 11.4 Å². The summed E-state index contributed by atoms with van der Waals surface area (Å²) in [6.07, 6.45) is 2.82. The van der Waals surface area contributed by atoms with E-state index in [0.717, 1.165) is 52.8 Å². The molecule has 25 heavy (non-hydrogen) atoms. The van der Waals surface area contributed by atoms with Gasteiger partial charge in [0.05, 0.1) is 5.56 Å². The smallest absolute Gasteiger partial charge is 0.298 e. The molecule has 0 amide bonds. The number of aryl methyl sites for hydroxylation is 2. The lowest BCUT2D eigenvalue weighted by Crippen LogP contribution is -2.29. The molecule has 4 heteroatoms. The van der Waals surface area contributed by atoms with Crippen LogP contribution in [0.5, 0.6) is 11.5 Å². The van der Waals surface area contributed by atoms with Crippen molar-refractivity contribution in [1.82, 2.24) is 0 Å². The van der Waals surface area contributed by atoms with E-state index in [1.54, 1.807) is 0 Å². The lowest BCUT2D eigenvalue weighted by atomic mass is 9.84. The van der Waals surface area contributed by atoms with Gasteiger partial charge in [-0.1, -0.05) is 23.8 Å². The van der Waals surface area contributed by atoms with E-state index in [1.165, 1.54) is 0 Å². The van der Waals surface area contributed by atoms with E-state index in [4.69, 9.17) is 21.1 Å². The lowest BCUT2D eigenvalue weighted by molar-refractivity contribution is -0.120. The lowest BCUT2D eigenvalue weighted by Gasteiger charge is -2.36. The number of fused-ring (bicyclic) bond motifs is 3. The Morgan fingerprint density at radius 1 is 1.20 bits per heavy atom. The maximum absolute atomic E-state index is 11.1. The maximum atomic E-state index is 11.1. The fourth-order valence-corrected chi connectivity index (χ4v) is 3.61. The molecule has 132 valence electrons. The number of hydrogen-bond donors (Lipinski definition) is 0. The molecule has 0 aromatic heterocycles. The molecule has 0 N–H and O–H groups in total. The maximum Gasteiger partial charge on any atom is 0.298 e. The van der Waals surface area contributed by atoms with E-state index < -0.39 is 5.60 Å². The highest BCUT2D eigenvalue weighted by Gasteiger charge is 2.34. The summed E-state index contributed by atoms with van der Waals surface area (Å²) < 4.78 is 11.6. The first-order valence-electron chi connectivity index (χ1n) is 8.60.